The van der Waals surface area contributed by atoms with Gasteiger partial charge in [-0.2, -0.15) is 5.10 Å². The maximum atomic E-state index is 12.8. The molecule has 8 heteroatoms. The Kier molecular flexibility index (Phi) is 5.11. The van der Waals surface area contributed by atoms with Crippen molar-refractivity contribution in [2.75, 3.05) is 0 Å². The van der Waals surface area contributed by atoms with Crippen molar-refractivity contribution in [1.29, 1.82) is 0 Å². The maximum Gasteiger partial charge on any atom is 0.309 e. The minimum atomic E-state index is -0.588. The Labute approximate surface area is 143 Å². The van der Waals surface area contributed by atoms with Crippen molar-refractivity contribution in [3.8, 4) is 5.88 Å². The first-order valence-electron chi connectivity index (χ1n) is 7.45. The minimum Gasteiger partial charge on any atom is -0.407 e. The number of hydrogen-bond donors (Lipinski definition) is 0. The molecule has 1 aromatic carbocycles. The largest absolute Gasteiger partial charge is 0.407 e. The third kappa shape index (κ3) is 3.63. The number of carbonyl (C=O) groups excluding carboxylic acids is 2. The van der Waals surface area contributed by atoms with Crippen molar-refractivity contribution in [2.24, 2.45) is 0 Å². The van der Waals surface area contributed by atoms with E-state index in [1.54, 1.807) is 19.9 Å². The second-order valence-electron chi connectivity index (χ2n) is 5.41. The van der Waals surface area contributed by atoms with Crippen LogP contribution in [0.25, 0.3) is 0 Å². The molecule has 0 saturated heterocycles. The van der Waals surface area contributed by atoms with E-state index in [1.807, 2.05) is 0 Å². The van der Waals surface area contributed by atoms with Crippen molar-refractivity contribution in [1.82, 2.24) is 9.78 Å². The number of allylic oxidation sites excluding steroid dienone is 1. The highest BCUT2D eigenvalue weighted by atomic mass is 16.6. The van der Waals surface area contributed by atoms with E-state index in [9.17, 15) is 19.7 Å². The van der Waals surface area contributed by atoms with E-state index in [4.69, 9.17) is 4.74 Å². The number of aryl methyl sites for hydroxylation is 1. The molecule has 0 bridgehead atoms. The van der Waals surface area contributed by atoms with Crippen LogP contribution in [0.5, 0.6) is 5.88 Å². The highest BCUT2D eigenvalue weighted by Crippen LogP contribution is 2.29. The smallest absolute Gasteiger partial charge is 0.309 e. The lowest BCUT2D eigenvalue weighted by Crippen LogP contribution is -2.13. The number of aromatic nitrogens is 2. The monoisotopic (exact) mass is 343 g/mol. The molecular weight excluding hydrogens is 326 g/mol. The van der Waals surface area contributed by atoms with Gasteiger partial charge in [0.1, 0.15) is 5.56 Å². The second-order valence-corrected chi connectivity index (χ2v) is 5.41. The summed E-state index contributed by atoms with van der Waals surface area (Å²) in [7, 11) is 0. The third-order valence-corrected chi connectivity index (χ3v) is 3.58. The number of ketones is 1. The Morgan fingerprint density at radius 2 is 1.96 bits per heavy atom. The molecule has 1 unspecified atom stereocenters. The zero-order chi connectivity index (χ0) is 18.7. The van der Waals surface area contributed by atoms with Crippen LogP contribution >= 0.6 is 0 Å². The topological polar surface area (TPSA) is 104 Å². The van der Waals surface area contributed by atoms with Crippen LogP contribution in [0.3, 0.4) is 0 Å². The molecule has 0 N–H and O–H groups in total. The fourth-order valence-corrected chi connectivity index (χ4v) is 2.28. The molecule has 0 spiro atoms. The van der Waals surface area contributed by atoms with Gasteiger partial charge in [-0.15, -0.1) is 6.58 Å². The molecule has 1 aromatic heterocycles. The van der Waals surface area contributed by atoms with E-state index < -0.39 is 16.7 Å². The van der Waals surface area contributed by atoms with Crippen molar-refractivity contribution < 1.29 is 19.2 Å². The fraction of sp³-hybridized carbons (Fsp3) is 0.235. The Balaban J connectivity index is 2.54. The summed E-state index contributed by atoms with van der Waals surface area (Å²) < 4.78 is 6.61. The summed E-state index contributed by atoms with van der Waals surface area (Å²) >= 11 is 0. The molecule has 0 radical (unpaired) electrons. The van der Waals surface area contributed by atoms with Gasteiger partial charge in [-0.25, -0.2) is 4.68 Å². The maximum absolute atomic E-state index is 12.8. The van der Waals surface area contributed by atoms with Crippen LogP contribution in [0.2, 0.25) is 0 Å². The standard InChI is InChI=1S/C17H17N3O5/c1-5-10(2)19-17(25-12(4)21)15(11(3)18-19)16(22)13-6-8-14(9-7-13)20(23)24/h5-10H,1H2,2-4H3. The van der Waals surface area contributed by atoms with Crippen molar-refractivity contribution in [2.45, 2.75) is 26.8 Å². The molecule has 0 aliphatic rings. The number of carbonyl (C=O) groups is 2. The molecule has 0 aliphatic carbocycles. The average Bonchev–Trinajstić information content (AvgIpc) is 2.89. The molecule has 0 aliphatic heterocycles. The Morgan fingerprint density at radius 1 is 1.36 bits per heavy atom. The highest BCUT2D eigenvalue weighted by molar-refractivity contribution is 6.11. The molecular formula is C17H17N3O5. The van der Waals surface area contributed by atoms with Gasteiger partial charge < -0.3 is 4.74 Å². The predicted octanol–water partition coefficient (Wildman–Crippen LogP) is 3.00. The van der Waals surface area contributed by atoms with E-state index in [-0.39, 0.29) is 28.7 Å². The quantitative estimate of drug-likeness (QED) is 0.262. The zero-order valence-corrected chi connectivity index (χ0v) is 14.1. The van der Waals surface area contributed by atoms with E-state index in [1.165, 1.54) is 35.9 Å². The van der Waals surface area contributed by atoms with Crippen molar-refractivity contribution in [3.63, 3.8) is 0 Å². The van der Waals surface area contributed by atoms with Crippen LogP contribution in [0.1, 0.15) is 41.5 Å². The number of rotatable bonds is 6. The summed E-state index contributed by atoms with van der Waals surface area (Å²) in [6.45, 7) is 8.31. The van der Waals surface area contributed by atoms with Gasteiger partial charge in [0.15, 0.2) is 5.78 Å². The lowest BCUT2D eigenvalue weighted by Gasteiger charge is -2.11. The molecule has 2 aromatic rings. The highest BCUT2D eigenvalue weighted by Gasteiger charge is 2.27. The minimum absolute atomic E-state index is 0.0285. The summed E-state index contributed by atoms with van der Waals surface area (Å²) in [5.41, 5.74) is 0.628. The lowest BCUT2D eigenvalue weighted by molar-refractivity contribution is -0.384. The van der Waals surface area contributed by atoms with E-state index >= 15 is 0 Å². The first kappa shape index (κ1) is 18.1. The first-order chi connectivity index (χ1) is 11.8. The van der Waals surface area contributed by atoms with Crippen LogP contribution in [-0.2, 0) is 4.79 Å². The van der Waals surface area contributed by atoms with Crippen LogP contribution in [-0.4, -0.2) is 26.5 Å². The summed E-state index contributed by atoms with van der Waals surface area (Å²) in [5.74, 6) is -0.998. The number of benzene rings is 1. The van der Waals surface area contributed by atoms with Gasteiger partial charge in [0.05, 0.1) is 16.7 Å². The molecule has 2 rings (SSSR count). The second kappa shape index (κ2) is 7.08. The summed E-state index contributed by atoms with van der Waals surface area (Å²) in [4.78, 5) is 34.5. The van der Waals surface area contributed by atoms with E-state index in [0.29, 0.717) is 5.69 Å². The van der Waals surface area contributed by atoms with E-state index in [2.05, 4.69) is 11.7 Å². The molecule has 0 saturated carbocycles. The summed E-state index contributed by atoms with van der Waals surface area (Å²) in [6, 6.07) is 4.89. The van der Waals surface area contributed by atoms with E-state index in [0.717, 1.165) is 0 Å². The molecule has 0 fully saturated rings. The molecule has 0 amide bonds. The van der Waals surface area contributed by atoms with Gasteiger partial charge in [0, 0.05) is 24.6 Å². The van der Waals surface area contributed by atoms with Crippen LogP contribution in [0.15, 0.2) is 36.9 Å². The molecule has 1 atom stereocenters. The number of nitro benzene ring substituents is 1. The summed E-state index contributed by atoms with van der Waals surface area (Å²) in [5, 5.41) is 15.0. The predicted molar refractivity (Wildman–Crippen MR) is 89.7 cm³/mol. The SMILES string of the molecule is C=CC(C)n1nc(C)c(C(=O)c2ccc([N+](=O)[O-])cc2)c1OC(C)=O. The third-order valence-electron chi connectivity index (χ3n) is 3.58. The average molecular weight is 343 g/mol. The number of nitro groups is 1. The van der Waals surface area contributed by atoms with Crippen molar-refractivity contribution in [3.05, 3.63) is 63.9 Å². The lowest BCUT2D eigenvalue weighted by atomic mass is 10.0. The fourth-order valence-electron chi connectivity index (χ4n) is 2.28. The molecule has 1 heterocycles. The van der Waals surface area contributed by atoms with Gasteiger partial charge in [0.2, 0.25) is 5.88 Å². The van der Waals surface area contributed by atoms with Crippen molar-refractivity contribution >= 4 is 17.4 Å². The van der Waals surface area contributed by atoms with Gasteiger partial charge in [0.25, 0.3) is 5.69 Å². The molecule has 8 nitrogen and oxygen atoms in total. The van der Waals surface area contributed by atoms with Crippen LogP contribution < -0.4 is 4.74 Å². The Bertz CT molecular complexity index is 852. The van der Waals surface area contributed by atoms with Crippen LogP contribution in [0, 0.1) is 17.0 Å². The number of ether oxygens (including phenoxy) is 1. The van der Waals surface area contributed by atoms with Gasteiger partial charge in [-0.3, -0.25) is 19.7 Å². The number of hydrogen-bond acceptors (Lipinski definition) is 6. The Hall–Kier alpha value is -3.29. The normalized spacial score (nSPS) is 11.6. The van der Waals surface area contributed by atoms with Gasteiger partial charge in [-0.1, -0.05) is 6.08 Å². The Morgan fingerprint density at radius 3 is 2.44 bits per heavy atom. The number of nitrogens with zero attached hydrogens (tertiary/aromatic N) is 3. The van der Waals surface area contributed by atoms with Crippen LogP contribution in [0.4, 0.5) is 5.69 Å². The first-order valence-corrected chi connectivity index (χ1v) is 7.45. The number of non-ortho nitro benzene ring substituents is 1. The summed E-state index contributed by atoms with van der Waals surface area (Å²) in [6.07, 6.45) is 1.60. The molecule has 130 valence electrons. The zero-order valence-electron chi connectivity index (χ0n) is 14.1. The van der Waals surface area contributed by atoms with Gasteiger partial charge >= 0.3 is 5.97 Å². The van der Waals surface area contributed by atoms with Gasteiger partial charge in [-0.05, 0) is 26.0 Å². The number of esters is 1. The molecule has 25 heavy (non-hydrogen) atoms.